The molecule has 1 aliphatic carbocycles. The normalized spacial score (nSPS) is 35.2. The fraction of sp³-hybridized carbons (Fsp3) is 0.600. The molecule has 1 aliphatic heterocycles. The van der Waals surface area contributed by atoms with Crippen LogP contribution in [0.4, 0.5) is 0 Å². The summed E-state index contributed by atoms with van der Waals surface area (Å²) in [5, 5.41) is 0. The van der Waals surface area contributed by atoms with E-state index in [2.05, 4.69) is 4.72 Å². The molecule has 1 saturated heterocycles. The van der Waals surface area contributed by atoms with Gasteiger partial charge in [0.05, 0.1) is 16.5 Å². The van der Waals surface area contributed by atoms with E-state index in [9.17, 15) is 8.42 Å². The Balaban J connectivity index is 1.77. The number of rotatable bonds is 3. The van der Waals surface area contributed by atoms with E-state index in [0.717, 1.165) is 17.8 Å². The summed E-state index contributed by atoms with van der Waals surface area (Å²) in [6.07, 6.45) is 0.833. The van der Waals surface area contributed by atoms with Gasteiger partial charge in [0, 0.05) is 18.6 Å². The van der Waals surface area contributed by atoms with Crippen LogP contribution in [0.15, 0.2) is 16.3 Å². The smallest absolute Gasteiger partial charge is 0.250 e. The van der Waals surface area contributed by atoms with E-state index in [1.54, 1.807) is 6.07 Å². The summed E-state index contributed by atoms with van der Waals surface area (Å²) in [6, 6.07) is 2.56. The molecule has 0 radical (unpaired) electrons. The molecule has 3 N–H and O–H groups in total. The molecule has 18 heavy (non-hydrogen) atoms. The first-order valence-corrected chi connectivity index (χ1v) is 8.32. The van der Waals surface area contributed by atoms with E-state index in [1.807, 2.05) is 0 Å². The third-order valence-electron chi connectivity index (χ3n) is 3.55. The highest BCUT2D eigenvalue weighted by Gasteiger charge is 2.53. The van der Waals surface area contributed by atoms with Crippen molar-refractivity contribution < 1.29 is 13.2 Å². The van der Waals surface area contributed by atoms with Crippen LogP contribution in [0.5, 0.6) is 0 Å². The maximum absolute atomic E-state index is 12.1. The van der Waals surface area contributed by atoms with E-state index in [0.29, 0.717) is 10.9 Å². The summed E-state index contributed by atoms with van der Waals surface area (Å²) < 4.78 is 33.0. The number of nitrogens with two attached hydrogens (primary N) is 1. The number of ether oxygens (including phenoxy) is 1. The minimum atomic E-state index is -3.55. The van der Waals surface area contributed by atoms with Gasteiger partial charge in [0.1, 0.15) is 4.21 Å². The third-order valence-corrected chi connectivity index (χ3v) is 6.73. The topological polar surface area (TPSA) is 81.4 Å². The van der Waals surface area contributed by atoms with Gasteiger partial charge in [-0.3, -0.25) is 0 Å². The van der Waals surface area contributed by atoms with Crippen LogP contribution in [0.2, 0.25) is 4.34 Å². The van der Waals surface area contributed by atoms with Crippen molar-refractivity contribution in [1.29, 1.82) is 0 Å². The second-order valence-electron chi connectivity index (χ2n) is 4.57. The molecule has 1 saturated carbocycles. The maximum Gasteiger partial charge on any atom is 0.250 e. The van der Waals surface area contributed by atoms with Crippen LogP contribution in [0.1, 0.15) is 6.42 Å². The van der Waals surface area contributed by atoms with Crippen molar-refractivity contribution in [3.63, 3.8) is 0 Å². The Kier molecular flexibility index (Phi) is 3.16. The van der Waals surface area contributed by atoms with Crippen LogP contribution in [-0.4, -0.2) is 33.2 Å². The summed E-state index contributed by atoms with van der Waals surface area (Å²) in [4.78, 5) is 0. The van der Waals surface area contributed by atoms with Gasteiger partial charge in [-0.15, -0.1) is 11.3 Å². The molecule has 0 bridgehead atoms. The molecular weight excluding hydrogens is 296 g/mol. The molecule has 8 heteroatoms. The lowest BCUT2D eigenvalue weighted by atomic mass is 9.73. The van der Waals surface area contributed by atoms with Crippen molar-refractivity contribution >= 4 is 33.0 Å². The number of hydrogen-bond donors (Lipinski definition) is 2. The zero-order valence-corrected chi connectivity index (χ0v) is 11.8. The molecule has 5 nitrogen and oxygen atoms in total. The zero-order valence-electron chi connectivity index (χ0n) is 9.37. The Bertz CT molecular complexity index is 559. The number of sulfonamides is 1. The van der Waals surface area contributed by atoms with E-state index in [-0.39, 0.29) is 28.3 Å². The van der Waals surface area contributed by atoms with Crippen molar-refractivity contribution in [2.75, 3.05) is 6.61 Å². The molecule has 0 spiro atoms. The van der Waals surface area contributed by atoms with Crippen LogP contribution in [0.3, 0.4) is 0 Å². The summed E-state index contributed by atoms with van der Waals surface area (Å²) in [5.41, 5.74) is 5.97. The predicted octanol–water partition coefficient (Wildman–Crippen LogP) is 0.794. The molecule has 0 amide bonds. The van der Waals surface area contributed by atoms with E-state index >= 15 is 0 Å². The Hall–Kier alpha value is -0.180. The minimum Gasteiger partial charge on any atom is -0.376 e. The average Bonchev–Trinajstić information content (AvgIpc) is 2.92. The Morgan fingerprint density at radius 2 is 2.28 bits per heavy atom. The van der Waals surface area contributed by atoms with Gasteiger partial charge in [-0.2, -0.15) is 0 Å². The number of hydrogen-bond acceptors (Lipinski definition) is 5. The lowest BCUT2D eigenvalue weighted by molar-refractivity contribution is -0.00922. The van der Waals surface area contributed by atoms with Crippen molar-refractivity contribution in [2.45, 2.75) is 28.8 Å². The number of nitrogens with one attached hydrogen (secondary N) is 1. The SMILES string of the molecule is NC1C2CCOC2C1NS(=O)(=O)c1ccc(Cl)s1. The van der Waals surface area contributed by atoms with Gasteiger partial charge in [0.2, 0.25) is 10.0 Å². The van der Waals surface area contributed by atoms with Gasteiger partial charge in [-0.25, -0.2) is 13.1 Å². The van der Waals surface area contributed by atoms with Crippen LogP contribution < -0.4 is 10.5 Å². The van der Waals surface area contributed by atoms with Crippen LogP contribution >= 0.6 is 22.9 Å². The molecule has 4 atom stereocenters. The highest BCUT2D eigenvalue weighted by atomic mass is 35.5. The highest BCUT2D eigenvalue weighted by Crippen LogP contribution is 2.38. The molecule has 2 aliphatic rings. The summed E-state index contributed by atoms with van der Waals surface area (Å²) in [5.74, 6) is 0.282. The van der Waals surface area contributed by atoms with Gasteiger partial charge in [-0.1, -0.05) is 11.6 Å². The number of fused-ring (bicyclic) bond motifs is 1. The van der Waals surface area contributed by atoms with Gasteiger partial charge < -0.3 is 10.5 Å². The largest absolute Gasteiger partial charge is 0.376 e. The van der Waals surface area contributed by atoms with Gasteiger partial charge in [-0.05, 0) is 18.6 Å². The zero-order chi connectivity index (χ0) is 12.9. The highest BCUT2D eigenvalue weighted by molar-refractivity contribution is 7.91. The molecule has 1 aromatic heterocycles. The van der Waals surface area contributed by atoms with E-state index in [1.165, 1.54) is 6.07 Å². The Labute approximate surface area is 114 Å². The number of halogens is 1. The Morgan fingerprint density at radius 3 is 2.94 bits per heavy atom. The first-order valence-electron chi connectivity index (χ1n) is 5.64. The predicted molar refractivity (Wildman–Crippen MR) is 69.3 cm³/mol. The monoisotopic (exact) mass is 308 g/mol. The lowest BCUT2D eigenvalue weighted by Crippen LogP contribution is -2.68. The molecule has 3 rings (SSSR count). The summed E-state index contributed by atoms with van der Waals surface area (Å²) in [7, 11) is -3.55. The van der Waals surface area contributed by atoms with Gasteiger partial charge in [0.15, 0.2) is 0 Å². The van der Waals surface area contributed by atoms with Crippen molar-refractivity contribution in [2.24, 2.45) is 11.7 Å². The fourth-order valence-electron chi connectivity index (χ4n) is 2.57. The first kappa shape index (κ1) is 12.8. The minimum absolute atomic E-state index is 0.0785. The summed E-state index contributed by atoms with van der Waals surface area (Å²) >= 11 is 6.78. The van der Waals surface area contributed by atoms with Crippen LogP contribution in [-0.2, 0) is 14.8 Å². The summed E-state index contributed by atoms with van der Waals surface area (Å²) in [6.45, 7) is 0.659. The standard InChI is InChI=1S/C10H13ClN2O3S2/c11-6-1-2-7(17-6)18(14,15)13-9-8(12)5-3-4-16-10(5)9/h1-2,5,8-10,13H,3-4,12H2. The maximum atomic E-state index is 12.1. The molecular formula is C10H13ClN2O3S2. The molecule has 4 unspecified atom stereocenters. The molecule has 2 heterocycles. The number of thiophene rings is 1. The van der Waals surface area contributed by atoms with Crippen LogP contribution in [0.25, 0.3) is 0 Å². The van der Waals surface area contributed by atoms with Gasteiger partial charge in [0.25, 0.3) is 0 Å². The van der Waals surface area contributed by atoms with Crippen molar-refractivity contribution in [1.82, 2.24) is 4.72 Å². The Morgan fingerprint density at radius 1 is 1.50 bits per heavy atom. The fourth-order valence-corrected chi connectivity index (χ4v) is 5.35. The molecule has 1 aromatic rings. The molecule has 2 fully saturated rings. The second kappa shape index (κ2) is 4.43. The lowest BCUT2D eigenvalue weighted by Gasteiger charge is -2.45. The first-order chi connectivity index (χ1) is 8.49. The van der Waals surface area contributed by atoms with Crippen LogP contribution in [0, 0.1) is 5.92 Å². The molecule has 0 aromatic carbocycles. The van der Waals surface area contributed by atoms with Gasteiger partial charge >= 0.3 is 0 Å². The average molecular weight is 309 g/mol. The quantitative estimate of drug-likeness (QED) is 0.865. The molecule has 100 valence electrons. The third kappa shape index (κ3) is 1.99. The van der Waals surface area contributed by atoms with Crippen molar-refractivity contribution in [3.05, 3.63) is 16.5 Å². The second-order valence-corrected chi connectivity index (χ2v) is 8.23. The van der Waals surface area contributed by atoms with E-state index in [4.69, 9.17) is 22.1 Å². The van der Waals surface area contributed by atoms with Crippen molar-refractivity contribution in [3.8, 4) is 0 Å². The van der Waals surface area contributed by atoms with E-state index < -0.39 is 10.0 Å².